The van der Waals surface area contributed by atoms with Crippen LogP contribution in [0.2, 0.25) is 0 Å². The molecule has 1 atom stereocenters. The highest BCUT2D eigenvalue weighted by Crippen LogP contribution is 2.34. The van der Waals surface area contributed by atoms with E-state index in [1.807, 2.05) is 25.1 Å². The first-order valence-corrected chi connectivity index (χ1v) is 6.18. The van der Waals surface area contributed by atoms with Crippen molar-refractivity contribution >= 4 is 23.2 Å². The second kappa shape index (κ2) is 5.53. The third-order valence-corrected chi connectivity index (χ3v) is 2.84. The van der Waals surface area contributed by atoms with E-state index in [0.717, 1.165) is 6.42 Å². The smallest absolute Gasteiger partial charge is 0.415 e. The normalized spacial score (nSPS) is 17.2. The number of benzene rings is 1. The third-order valence-electron chi connectivity index (χ3n) is 2.84. The van der Waals surface area contributed by atoms with Gasteiger partial charge in [0, 0.05) is 0 Å². The van der Waals surface area contributed by atoms with Crippen LogP contribution < -0.4 is 4.90 Å². The van der Waals surface area contributed by atoms with Gasteiger partial charge in [-0.25, -0.2) is 4.79 Å². The second-order valence-corrected chi connectivity index (χ2v) is 4.26. The predicted octanol–water partition coefficient (Wildman–Crippen LogP) is 3.04. The highest BCUT2D eigenvalue weighted by atomic mass is 16.6. The Labute approximate surface area is 112 Å². The summed E-state index contributed by atoms with van der Waals surface area (Å²) in [7, 11) is 0. The van der Waals surface area contributed by atoms with E-state index in [1.54, 1.807) is 13.0 Å². The number of hydrogen-bond donors (Lipinski definition) is 0. The maximum absolute atomic E-state index is 12.1. The summed E-state index contributed by atoms with van der Waals surface area (Å²) < 4.78 is 5.15. The molecule has 1 aliphatic rings. The van der Waals surface area contributed by atoms with Crippen LogP contribution >= 0.6 is 0 Å². The van der Waals surface area contributed by atoms with E-state index >= 15 is 0 Å². The van der Waals surface area contributed by atoms with Gasteiger partial charge in [-0.05, 0) is 25.5 Å². The Hall–Kier alpha value is -2.35. The predicted molar refractivity (Wildman–Crippen MR) is 72.7 cm³/mol. The average molecular weight is 257 g/mol. The lowest BCUT2D eigenvalue weighted by Crippen LogP contribution is -2.45. The molecule has 19 heavy (non-hydrogen) atoms. The molecular formula is C14H15N3O2. The molecule has 1 aromatic rings. The molecule has 0 fully saturated rings. The van der Waals surface area contributed by atoms with Crippen LogP contribution in [-0.2, 0) is 4.74 Å². The maximum Gasteiger partial charge on any atom is 0.415 e. The number of anilines is 1. The van der Waals surface area contributed by atoms with Crippen molar-refractivity contribution in [1.29, 1.82) is 5.26 Å². The number of carbonyl (C=O) groups excluding carboxylic acids is 1. The fourth-order valence-electron chi connectivity index (χ4n) is 1.95. The van der Waals surface area contributed by atoms with E-state index in [0.29, 0.717) is 23.7 Å². The average Bonchev–Trinajstić information content (AvgIpc) is 2.43. The van der Waals surface area contributed by atoms with Crippen molar-refractivity contribution in [3.63, 3.8) is 0 Å². The van der Waals surface area contributed by atoms with Crippen LogP contribution in [0.1, 0.15) is 20.3 Å². The Morgan fingerprint density at radius 2 is 2.26 bits per heavy atom. The number of hydrogen-bond acceptors (Lipinski definition) is 4. The molecule has 1 aromatic carbocycles. The van der Waals surface area contributed by atoms with Crippen molar-refractivity contribution in [3.05, 3.63) is 24.3 Å². The third kappa shape index (κ3) is 2.43. The molecule has 1 amide bonds. The van der Waals surface area contributed by atoms with Crippen molar-refractivity contribution < 1.29 is 9.53 Å². The van der Waals surface area contributed by atoms with Crippen LogP contribution in [0.5, 0.6) is 0 Å². The number of ether oxygens (including phenoxy) is 1. The standard InChI is InChI=1S/C14H15N3O2/c1-3-8-19-14(18)17-12-7-5-4-6-11(12)16-10(2)13(17)9-15/h4-7,13H,3,8H2,1-2H3. The SMILES string of the molecule is CCCOC(=O)N1c2ccccc2N=C(C)C1C#N. The van der Waals surface area contributed by atoms with Gasteiger partial charge in [-0.3, -0.25) is 9.89 Å². The number of nitrogens with zero attached hydrogens (tertiary/aromatic N) is 3. The zero-order chi connectivity index (χ0) is 13.8. The number of fused-ring (bicyclic) bond motifs is 1. The minimum Gasteiger partial charge on any atom is -0.449 e. The van der Waals surface area contributed by atoms with Crippen LogP contribution in [0.25, 0.3) is 0 Å². The number of carbonyl (C=O) groups is 1. The number of para-hydroxylation sites is 2. The Morgan fingerprint density at radius 3 is 2.95 bits per heavy atom. The maximum atomic E-state index is 12.1. The molecule has 0 aromatic heterocycles. The van der Waals surface area contributed by atoms with E-state index in [-0.39, 0.29) is 0 Å². The van der Waals surface area contributed by atoms with Gasteiger partial charge in [0.25, 0.3) is 0 Å². The number of rotatable bonds is 2. The highest BCUT2D eigenvalue weighted by Gasteiger charge is 2.33. The second-order valence-electron chi connectivity index (χ2n) is 4.26. The van der Waals surface area contributed by atoms with Crippen molar-refractivity contribution in [2.75, 3.05) is 11.5 Å². The van der Waals surface area contributed by atoms with E-state index < -0.39 is 12.1 Å². The summed E-state index contributed by atoms with van der Waals surface area (Å²) >= 11 is 0. The first-order chi connectivity index (χ1) is 9.19. The van der Waals surface area contributed by atoms with Crippen LogP contribution in [0.15, 0.2) is 29.3 Å². The molecule has 2 rings (SSSR count). The van der Waals surface area contributed by atoms with E-state index in [9.17, 15) is 10.1 Å². The summed E-state index contributed by atoms with van der Waals surface area (Å²) in [6.45, 7) is 4.00. The van der Waals surface area contributed by atoms with Crippen molar-refractivity contribution in [2.45, 2.75) is 26.3 Å². The first-order valence-electron chi connectivity index (χ1n) is 6.18. The van der Waals surface area contributed by atoms with Gasteiger partial charge < -0.3 is 4.74 Å². The van der Waals surface area contributed by atoms with Crippen molar-refractivity contribution in [2.24, 2.45) is 4.99 Å². The minimum atomic E-state index is -0.709. The lowest BCUT2D eigenvalue weighted by molar-refractivity contribution is 0.153. The van der Waals surface area contributed by atoms with Crippen LogP contribution in [0.3, 0.4) is 0 Å². The highest BCUT2D eigenvalue weighted by molar-refractivity contribution is 6.07. The summed E-state index contributed by atoms with van der Waals surface area (Å²) in [5.74, 6) is 0. The van der Waals surface area contributed by atoms with Gasteiger partial charge in [-0.2, -0.15) is 5.26 Å². The Kier molecular flexibility index (Phi) is 3.81. The summed E-state index contributed by atoms with van der Waals surface area (Å²) in [5, 5.41) is 9.25. The molecule has 0 radical (unpaired) electrons. The van der Waals surface area contributed by atoms with Crippen LogP contribution in [0, 0.1) is 11.3 Å². The summed E-state index contributed by atoms with van der Waals surface area (Å²) in [6.07, 6.45) is 0.237. The Balaban J connectivity index is 2.41. The van der Waals surface area contributed by atoms with Crippen LogP contribution in [0.4, 0.5) is 16.2 Å². The van der Waals surface area contributed by atoms with Gasteiger partial charge in [-0.1, -0.05) is 19.1 Å². The molecule has 1 aliphatic heterocycles. The van der Waals surface area contributed by atoms with Gasteiger partial charge >= 0.3 is 6.09 Å². The topological polar surface area (TPSA) is 65.7 Å². The minimum absolute atomic E-state index is 0.339. The van der Waals surface area contributed by atoms with Gasteiger partial charge in [0.05, 0.1) is 29.8 Å². The van der Waals surface area contributed by atoms with Gasteiger partial charge in [0.2, 0.25) is 0 Å². The quantitative estimate of drug-likeness (QED) is 0.817. The van der Waals surface area contributed by atoms with E-state index in [4.69, 9.17) is 4.74 Å². The van der Waals surface area contributed by atoms with Gasteiger partial charge in [0.15, 0.2) is 6.04 Å². The zero-order valence-corrected chi connectivity index (χ0v) is 11.0. The van der Waals surface area contributed by atoms with Crippen LogP contribution in [-0.4, -0.2) is 24.5 Å². The van der Waals surface area contributed by atoms with E-state index in [1.165, 1.54) is 4.90 Å². The summed E-state index contributed by atoms with van der Waals surface area (Å²) in [6, 6.07) is 8.62. The van der Waals surface area contributed by atoms with Crippen molar-refractivity contribution in [3.8, 4) is 6.07 Å². The molecule has 0 aliphatic carbocycles. The molecule has 0 saturated carbocycles. The summed E-state index contributed by atoms with van der Waals surface area (Å²) in [5.41, 5.74) is 1.88. The number of amides is 1. The molecule has 98 valence electrons. The molecule has 5 nitrogen and oxygen atoms in total. The lowest BCUT2D eigenvalue weighted by Gasteiger charge is -2.30. The summed E-state index contributed by atoms with van der Waals surface area (Å²) in [4.78, 5) is 17.9. The largest absolute Gasteiger partial charge is 0.449 e. The fourth-order valence-corrected chi connectivity index (χ4v) is 1.95. The first kappa shape index (κ1) is 13.1. The Bertz CT molecular complexity index is 560. The molecule has 5 heteroatoms. The van der Waals surface area contributed by atoms with Gasteiger partial charge in [0.1, 0.15) is 0 Å². The molecule has 1 heterocycles. The van der Waals surface area contributed by atoms with Crippen molar-refractivity contribution in [1.82, 2.24) is 0 Å². The van der Waals surface area contributed by atoms with E-state index in [2.05, 4.69) is 11.1 Å². The number of nitriles is 1. The lowest BCUT2D eigenvalue weighted by atomic mass is 10.1. The molecular weight excluding hydrogens is 242 g/mol. The van der Waals surface area contributed by atoms with Gasteiger partial charge in [-0.15, -0.1) is 0 Å². The number of aliphatic imine (C=N–C) groups is 1. The molecule has 1 unspecified atom stereocenters. The Morgan fingerprint density at radius 1 is 1.53 bits per heavy atom. The monoisotopic (exact) mass is 257 g/mol. The fraction of sp³-hybridized carbons (Fsp3) is 0.357. The molecule has 0 saturated heterocycles. The zero-order valence-electron chi connectivity index (χ0n) is 11.0. The molecule has 0 spiro atoms. The molecule has 0 N–H and O–H groups in total. The molecule has 0 bridgehead atoms.